The molecule has 2 aromatic carbocycles. The van der Waals surface area contributed by atoms with Crippen LogP contribution >= 0.6 is 0 Å². The smallest absolute Gasteiger partial charge is 0.228 e. The molecule has 0 aliphatic heterocycles. The molecule has 1 fully saturated rings. The summed E-state index contributed by atoms with van der Waals surface area (Å²) in [6.45, 7) is 3.88. The molecular formula is C19H18F2N2O2. The zero-order chi connectivity index (χ0) is 18.1. The molecule has 0 bridgehead atoms. The van der Waals surface area contributed by atoms with Crippen molar-refractivity contribution in [3.8, 4) is 0 Å². The Balaban J connectivity index is 1.58. The van der Waals surface area contributed by atoms with Gasteiger partial charge in [0, 0.05) is 17.4 Å². The summed E-state index contributed by atoms with van der Waals surface area (Å²) < 4.78 is 26.1. The van der Waals surface area contributed by atoms with Crippen molar-refractivity contribution in [3.05, 3.63) is 59.2 Å². The maximum Gasteiger partial charge on any atom is 0.228 e. The van der Waals surface area contributed by atoms with E-state index in [0.29, 0.717) is 12.1 Å². The highest BCUT2D eigenvalue weighted by Crippen LogP contribution is 2.40. The molecule has 1 aliphatic carbocycles. The van der Waals surface area contributed by atoms with Crippen LogP contribution in [0.15, 0.2) is 36.4 Å². The highest BCUT2D eigenvalue weighted by Gasteiger charge is 2.48. The number of nitrogens with one attached hydrogen (secondary N) is 2. The van der Waals surface area contributed by atoms with Crippen molar-refractivity contribution in [3.63, 3.8) is 0 Å². The summed E-state index contributed by atoms with van der Waals surface area (Å²) in [7, 11) is 0. The quantitative estimate of drug-likeness (QED) is 0.886. The van der Waals surface area contributed by atoms with Gasteiger partial charge in [0.1, 0.15) is 0 Å². The normalized spacial score (nSPS) is 18.6. The van der Waals surface area contributed by atoms with Gasteiger partial charge in [0.25, 0.3) is 0 Å². The fraction of sp³-hybridized carbons (Fsp3) is 0.263. The number of benzene rings is 2. The van der Waals surface area contributed by atoms with Gasteiger partial charge in [-0.2, -0.15) is 0 Å². The van der Waals surface area contributed by atoms with Crippen molar-refractivity contribution in [2.24, 2.45) is 11.8 Å². The summed E-state index contributed by atoms with van der Waals surface area (Å²) >= 11 is 0. The lowest BCUT2D eigenvalue weighted by Crippen LogP contribution is -2.20. The van der Waals surface area contributed by atoms with E-state index < -0.39 is 23.5 Å². The van der Waals surface area contributed by atoms with Crippen LogP contribution in [0.3, 0.4) is 0 Å². The molecule has 130 valence electrons. The highest BCUT2D eigenvalue weighted by molar-refractivity contribution is 6.03. The van der Waals surface area contributed by atoms with E-state index in [4.69, 9.17) is 0 Å². The molecule has 0 saturated heterocycles. The first kappa shape index (κ1) is 17.1. The molecule has 0 heterocycles. The summed E-state index contributed by atoms with van der Waals surface area (Å²) in [6.07, 6.45) is 0.437. The number of hydrogen-bond acceptors (Lipinski definition) is 2. The van der Waals surface area contributed by atoms with E-state index in [1.54, 1.807) is 0 Å². The molecule has 3 rings (SSSR count). The third-order valence-electron chi connectivity index (χ3n) is 4.14. The number of halogens is 2. The summed E-state index contributed by atoms with van der Waals surface area (Å²) in [5, 5.41) is 5.34. The van der Waals surface area contributed by atoms with Crippen LogP contribution in [-0.4, -0.2) is 11.8 Å². The van der Waals surface area contributed by atoms with Gasteiger partial charge in [-0.15, -0.1) is 0 Å². The third-order valence-corrected chi connectivity index (χ3v) is 4.14. The van der Waals surface area contributed by atoms with Crippen LogP contribution in [0.1, 0.15) is 17.5 Å². The van der Waals surface area contributed by atoms with Crippen LogP contribution in [-0.2, 0) is 9.59 Å². The lowest BCUT2D eigenvalue weighted by molar-refractivity contribution is -0.122. The number of rotatable bonds is 4. The second-order valence-corrected chi connectivity index (χ2v) is 6.43. The predicted octanol–water partition coefficient (Wildman–Crippen LogP) is 3.79. The molecule has 6 heteroatoms. The van der Waals surface area contributed by atoms with E-state index in [9.17, 15) is 18.4 Å². The number of carbonyl (C=O) groups excluding carboxylic acids is 2. The van der Waals surface area contributed by atoms with Gasteiger partial charge in [-0.1, -0.05) is 6.07 Å². The number of anilines is 2. The third kappa shape index (κ3) is 4.02. The summed E-state index contributed by atoms with van der Waals surface area (Å²) in [5.74, 6) is -3.46. The minimum atomic E-state index is -1.03. The fourth-order valence-electron chi connectivity index (χ4n) is 2.87. The van der Waals surface area contributed by atoms with Crippen LogP contribution in [0, 0.1) is 37.3 Å². The van der Waals surface area contributed by atoms with Gasteiger partial charge < -0.3 is 10.6 Å². The lowest BCUT2D eigenvalue weighted by atomic mass is 10.1. The minimum absolute atomic E-state index is 0.171. The Morgan fingerprint density at radius 1 is 0.840 bits per heavy atom. The molecule has 2 amide bonds. The fourth-order valence-corrected chi connectivity index (χ4v) is 2.87. The van der Waals surface area contributed by atoms with E-state index in [0.717, 1.165) is 23.3 Å². The van der Waals surface area contributed by atoms with Crippen molar-refractivity contribution >= 4 is 23.2 Å². The summed E-state index contributed by atoms with van der Waals surface area (Å²) in [6, 6.07) is 8.88. The Morgan fingerprint density at radius 3 is 1.96 bits per heavy atom. The van der Waals surface area contributed by atoms with E-state index in [-0.39, 0.29) is 17.5 Å². The molecule has 0 aromatic heterocycles. The molecule has 0 spiro atoms. The molecule has 2 atom stereocenters. The van der Waals surface area contributed by atoms with Gasteiger partial charge in [0.2, 0.25) is 11.8 Å². The van der Waals surface area contributed by atoms with Crippen LogP contribution in [0.2, 0.25) is 0 Å². The molecular weight excluding hydrogens is 326 g/mol. The second kappa shape index (κ2) is 6.63. The van der Waals surface area contributed by atoms with Crippen molar-refractivity contribution in [1.82, 2.24) is 0 Å². The van der Waals surface area contributed by atoms with Crippen molar-refractivity contribution in [1.29, 1.82) is 0 Å². The lowest BCUT2D eigenvalue weighted by Gasteiger charge is -2.08. The van der Waals surface area contributed by atoms with E-state index in [1.165, 1.54) is 6.07 Å². The van der Waals surface area contributed by atoms with Crippen LogP contribution in [0.4, 0.5) is 20.2 Å². The Hall–Kier alpha value is -2.76. The van der Waals surface area contributed by atoms with Crippen molar-refractivity contribution < 1.29 is 18.4 Å². The number of amides is 2. The SMILES string of the molecule is Cc1cc(C)cc(NC(=O)C2CC2C(=O)Nc2ccc(F)c(F)c2)c1. The largest absolute Gasteiger partial charge is 0.326 e. The molecule has 2 aromatic rings. The summed E-state index contributed by atoms with van der Waals surface area (Å²) in [5.41, 5.74) is 2.95. The number of carbonyl (C=O) groups is 2. The summed E-state index contributed by atoms with van der Waals surface area (Å²) in [4.78, 5) is 24.4. The van der Waals surface area contributed by atoms with Gasteiger partial charge in [0.05, 0.1) is 11.8 Å². The Labute approximate surface area is 144 Å². The molecule has 2 unspecified atom stereocenters. The predicted molar refractivity (Wildman–Crippen MR) is 91.1 cm³/mol. The van der Waals surface area contributed by atoms with Gasteiger partial charge in [-0.25, -0.2) is 8.78 Å². The average Bonchev–Trinajstić information content (AvgIpc) is 3.30. The average molecular weight is 344 g/mol. The topological polar surface area (TPSA) is 58.2 Å². The molecule has 1 saturated carbocycles. The molecule has 1 aliphatic rings. The number of aryl methyl sites for hydroxylation is 2. The highest BCUT2D eigenvalue weighted by atomic mass is 19.2. The Morgan fingerprint density at radius 2 is 1.40 bits per heavy atom. The second-order valence-electron chi connectivity index (χ2n) is 6.43. The van der Waals surface area contributed by atoms with Crippen molar-refractivity contribution in [2.45, 2.75) is 20.3 Å². The molecule has 4 nitrogen and oxygen atoms in total. The number of hydrogen-bond donors (Lipinski definition) is 2. The maximum atomic E-state index is 13.2. The van der Waals surface area contributed by atoms with E-state index in [1.807, 2.05) is 32.0 Å². The van der Waals surface area contributed by atoms with E-state index >= 15 is 0 Å². The monoisotopic (exact) mass is 344 g/mol. The maximum absolute atomic E-state index is 13.2. The van der Waals surface area contributed by atoms with Crippen molar-refractivity contribution in [2.75, 3.05) is 10.6 Å². The minimum Gasteiger partial charge on any atom is -0.326 e. The first-order valence-electron chi connectivity index (χ1n) is 7.98. The Kier molecular flexibility index (Phi) is 4.53. The van der Waals surface area contributed by atoms with E-state index in [2.05, 4.69) is 10.6 Å². The first-order valence-corrected chi connectivity index (χ1v) is 7.98. The molecule has 2 N–H and O–H groups in total. The van der Waals surface area contributed by atoms with Gasteiger partial charge in [-0.3, -0.25) is 9.59 Å². The van der Waals surface area contributed by atoms with Crippen LogP contribution in [0.5, 0.6) is 0 Å². The van der Waals surface area contributed by atoms with Crippen LogP contribution in [0.25, 0.3) is 0 Å². The molecule has 0 radical (unpaired) electrons. The zero-order valence-corrected chi connectivity index (χ0v) is 13.9. The molecule has 25 heavy (non-hydrogen) atoms. The van der Waals surface area contributed by atoms with Crippen LogP contribution < -0.4 is 10.6 Å². The standard InChI is InChI=1S/C19H18F2N2O2/c1-10-5-11(2)7-13(6-10)23-19(25)15-9-14(15)18(24)22-12-3-4-16(20)17(21)8-12/h3-8,14-15H,9H2,1-2H3,(H,22,24)(H,23,25). The van der Waals surface area contributed by atoms with Gasteiger partial charge >= 0.3 is 0 Å². The first-order chi connectivity index (χ1) is 11.8. The zero-order valence-electron chi connectivity index (χ0n) is 13.9. The Bertz CT molecular complexity index is 831. The van der Waals surface area contributed by atoms with Gasteiger partial charge in [-0.05, 0) is 55.7 Å². The van der Waals surface area contributed by atoms with Gasteiger partial charge in [0.15, 0.2) is 11.6 Å².